The standard InChI is InChI=1S/C17H14N2O4S2/c1-11-18-10-16(24-11)25(22,23)19-15-9-13(7-8-14(15)17(20)21)12-5-3-2-4-6-12/h2-10,19H,1H3,(H,20,21). The Morgan fingerprint density at radius 1 is 1.12 bits per heavy atom. The first-order valence-electron chi connectivity index (χ1n) is 7.25. The largest absolute Gasteiger partial charge is 0.478 e. The van der Waals surface area contributed by atoms with E-state index in [1.165, 1.54) is 18.3 Å². The van der Waals surface area contributed by atoms with Crippen molar-refractivity contribution in [3.05, 3.63) is 65.3 Å². The van der Waals surface area contributed by atoms with Crippen molar-refractivity contribution in [2.75, 3.05) is 4.72 Å². The van der Waals surface area contributed by atoms with Gasteiger partial charge in [0.2, 0.25) is 0 Å². The molecule has 6 nitrogen and oxygen atoms in total. The molecule has 25 heavy (non-hydrogen) atoms. The molecular weight excluding hydrogens is 360 g/mol. The minimum Gasteiger partial charge on any atom is -0.478 e. The van der Waals surface area contributed by atoms with Crippen LogP contribution in [0.5, 0.6) is 0 Å². The summed E-state index contributed by atoms with van der Waals surface area (Å²) >= 11 is 1.02. The molecule has 0 saturated heterocycles. The molecule has 0 aliphatic carbocycles. The Kier molecular flexibility index (Phi) is 4.56. The predicted octanol–water partition coefficient (Wildman–Crippen LogP) is 3.62. The Bertz CT molecular complexity index is 1030. The molecule has 2 N–H and O–H groups in total. The van der Waals surface area contributed by atoms with Gasteiger partial charge in [0.1, 0.15) is 0 Å². The summed E-state index contributed by atoms with van der Waals surface area (Å²) in [6.45, 7) is 1.70. The zero-order valence-corrected chi connectivity index (χ0v) is 14.8. The molecule has 0 atom stereocenters. The Hall–Kier alpha value is -2.71. The number of hydrogen-bond acceptors (Lipinski definition) is 5. The molecule has 8 heteroatoms. The van der Waals surface area contributed by atoms with Crippen molar-refractivity contribution < 1.29 is 18.3 Å². The number of benzene rings is 2. The maximum absolute atomic E-state index is 12.5. The van der Waals surface area contributed by atoms with Crippen LogP contribution < -0.4 is 4.72 Å². The Balaban J connectivity index is 2.05. The molecule has 0 spiro atoms. The van der Waals surface area contributed by atoms with Crippen LogP contribution in [0.1, 0.15) is 15.4 Å². The highest BCUT2D eigenvalue weighted by Gasteiger charge is 2.21. The van der Waals surface area contributed by atoms with Crippen molar-refractivity contribution in [3.8, 4) is 11.1 Å². The minimum atomic E-state index is -3.90. The van der Waals surface area contributed by atoms with Crippen LogP contribution >= 0.6 is 11.3 Å². The molecule has 0 bridgehead atoms. The zero-order chi connectivity index (χ0) is 18.0. The fourth-order valence-electron chi connectivity index (χ4n) is 2.29. The van der Waals surface area contributed by atoms with Crippen LogP contribution in [0.4, 0.5) is 5.69 Å². The molecular formula is C17H14N2O4S2. The molecule has 0 saturated carbocycles. The number of sulfonamides is 1. The highest BCUT2D eigenvalue weighted by molar-refractivity contribution is 7.94. The lowest BCUT2D eigenvalue weighted by Crippen LogP contribution is -2.14. The van der Waals surface area contributed by atoms with Gasteiger partial charge in [-0.1, -0.05) is 36.4 Å². The summed E-state index contributed by atoms with van der Waals surface area (Å²) in [4.78, 5) is 15.4. The fourth-order valence-corrected chi connectivity index (χ4v) is 4.46. The highest BCUT2D eigenvalue weighted by Crippen LogP contribution is 2.28. The third kappa shape index (κ3) is 3.70. The zero-order valence-electron chi connectivity index (χ0n) is 13.1. The van der Waals surface area contributed by atoms with E-state index in [1.54, 1.807) is 13.0 Å². The lowest BCUT2D eigenvalue weighted by molar-refractivity contribution is 0.0698. The smallest absolute Gasteiger partial charge is 0.337 e. The van der Waals surface area contributed by atoms with Gasteiger partial charge >= 0.3 is 5.97 Å². The van der Waals surface area contributed by atoms with Gasteiger partial charge in [-0.15, -0.1) is 11.3 Å². The highest BCUT2D eigenvalue weighted by atomic mass is 32.2. The monoisotopic (exact) mass is 374 g/mol. The van der Waals surface area contributed by atoms with Gasteiger partial charge in [0.15, 0.2) is 4.21 Å². The first kappa shape index (κ1) is 17.1. The molecule has 0 radical (unpaired) electrons. The quantitative estimate of drug-likeness (QED) is 0.711. The van der Waals surface area contributed by atoms with E-state index in [1.807, 2.05) is 30.3 Å². The molecule has 0 amide bonds. The van der Waals surface area contributed by atoms with Crippen LogP contribution in [-0.2, 0) is 10.0 Å². The van der Waals surface area contributed by atoms with Crippen LogP contribution in [-0.4, -0.2) is 24.5 Å². The number of anilines is 1. The van der Waals surface area contributed by atoms with Gasteiger partial charge in [0, 0.05) is 0 Å². The summed E-state index contributed by atoms with van der Waals surface area (Å²) < 4.78 is 27.4. The Morgan fingerprint density at radius 3 is 2.44 bits per heavy atom. The van der Waals surface area contributed by atoms with Gasteiger partial charge in [-0.2, -0.15) is 0 Å². The minimum absolute atomic E-state index is 0.0138. The van der Waals surface area contributed by atoms with E-state index in [2.05, 4.69) is 9.71 Å². The molecule has 0 aliphatic heterocycles. The van der Waals surface area contributed by atoms with E-state index < -0.39 is 16.0 Å². The lowest BCUT2D eigenvalue weighted by Gasteiger charge is -2.11. The fraction of sp³-hybridized carbons (Fsp3) is 0.0588. The van der Waals surface area contributed by atoms with Crippen LogP contribution in [0.2, 0.25) is 0 Å². The number of nitrogens with one attached hydrogen (secondary N) is 1. The van der Waals surface area contributed by atoms with Crippen molar-refractivity contribution in [3.63, 3.8) is 0 Å². The topological polar surface area (TPSA) is 96.4 Å². The van der Waals surface area contributed by atoms with E-state index in [-0.39, 0.29) is 15.5 Å². The third-order valence-electron chi connectivity index (χ3n) is 3.47. The van der Waals surface area contributed by atoms with Crippen LogP contribution in [0.15, 0.2) is 58.9 Å². The number of rotatable bonds is 5. The average Bonchev–Trinajstić information content (AvgIpc) is 3.02. The molecule has 3 aromatic rings. The Labute approximate surface area is 148 Å². The Morgan fingerprint density at radius 2 is 1.84 bits per heavy atom. The van der Waals surface area contributed by atoms with Gasteiger partial charge in [-0.3, -0.25) is 4.72 Å². The van der Waals surface area contributed by atoms with E-state index >= 15 is 0 Å². The second-order valence-electron chi connectivity index (χ2n) is 5.24. The number of carboxylic acids is 1. The van der Waals surface area contributed by atoms with Gasteiger partial charge in [-0.25, -0.2) is 18.2 Å². The first-order chi connectivity index (χ1) is 11.9. The molecule has 0 aliphatic rings. The van der Waals surface area contributed by atoms with Crippen LogP contribution in [0.25, 0.3) is 11.1 Å². The van der Waals surface area contributed by atoms with E-state index in [9.17, 15) is 18.3 Å². The van der Waals surface area contributed by atoms with Gasteiger partial charge in [0.25, 0.3) is 10.0 Å². The molecule has 1 heterocycles. The van der Waals surface area contributed by atoms with Crippen molar-refractivity contribution in [1.29, 1.82) is 0 Å². The first-order valence-corrected chi connectivity index (χ1v) is 9.55. The summed E-state index contributed by atoms with van der Waals surface area (Å²) in [6, 6.07) is 13.8. The summed E-state index contributed by atoms with van der Waals surface area (Å²) in [5, 5.41) is 9.96. The summed E-state index contributed by atoms with van der Waals surface area (Å²) in [6.07, 6.45) is 1.25. The SMILES string of the molecule is Cc1ncc(S(=O)(=O)Nc2cc(-c3ccccc3)ccc2C(=O)O)s1. The molecule has 128 valence electrons. The number of thiazole rings is 1. The van der Waals surface area contributed by atoms with Crippen molar-refractivity contribution in [2.45, 2.75) is 11.1 Å². The van der Waals surface area contributed by atoms with Crippen molar-refractivity contribution >= 4 is 33.0 Å². The summed E-state index contributed by atoms with van der Waals surface area (Å²) in [5.74, 6) is -1.21. The van der Waals surface area contributed by atoms with Gasteiger partial charge in [-0.05, 0) is 30.2 Å². The number of nitrogens with zero attached hydrogens (tertiary/aromatic N) is 1. The maximum Gasteiger partial charge on any atom is 0.337 e. The van der Waals surface area contributed by atoms with Gasteiger partial charge in [0.05, 0.1) is 22.5 Å². The molecule has 2 aromatic carbocycles. The molecule has 3 rings (SSSR count). The number of carbonyl (C=O) groups is 1. The van der Waals surface area contributed by atoms with E-state index in [0.29, 0.717) is 10.6 Å². The average molecular weight is 374 g/mol. The van der Waals surface area contributed by atoms with Crippen LogP contribution in [0, 0.1) is 6.92 Å². The van der Waals surface area contributed by atoms with E-state index in [0.717, 1.165) is 16.9 Å². The van der Waals surface area contributed by atoms with Crippen molar-refractivity contribution in [2.24, 2.45) is 0 Å². The third-order valence-corrected chi connectivity index (χ3v) is 6.21. The molecule has 0 unspecified atom stereocenters. The number of carboxylic acid groups (broad SMARTS) is 1. The predicted molar refractivity (Wildman–Crippen MR) is 96.5 cm³/mol. The molecule has 1 aromatic heterocycles. The number of hydrogen-bond donors (Lipinski definition) is 2. The van der Waals surface area contributed by atoms with Gasteiger partial charge < -0.3 is 5.11 Å². The molecule has 0 fully saturated rings. The number of aryl methyl sites for hydroxylation is 1. The van der Waals surface area contributed by atoms with E-state index in [4.69, 9.17) is 0 Å². The number of aromatic nitrogens is 1. The summed E-state index contributed by atoms with van der Waals surface area (Å²) in [7, 11) is -3.90. The second kappa shape index (κ2) is 6.66. The summed E-state index contributed by atoms with van der Waals surface area (Å²) in [5.41, 5.74) is 1.46. The second-order valence-corrected chi connectivity index (χ2v) is 8.38. The van der Waals surface area contributed by atoms with Crippen molar-refractivity contribution in [1.82, 2.24) is 4.98 Å². The van der Waals surface area contributed by atoms with Crippen LogP contribution in [0.3, 0.4) is 0 Å². The normalized spacial score (nSPS) is 11.2. The maximum atomic E-state index is 12.5. The lowest BCUT2D eigenvalue weighted by atomic mass is 10.0. The number of aromatic carboxylic acids is 1.